The van der Waals surface area contributed by atoms with Gasteiger partial charge in [-0.05, 0) is 63.4 Å². The number of rotatable bonds is 7. The lowest BCUT2D eigenvalue weighted by Gasteiger charge is -2.39. The van der Waals surface area contributed by atoms with Crippen molar-refractivity contribution in [3.63, 3.8) is 0 Å². The fourth-order valence-corrected chi connectivity index (χ4v) is 5.81. The molecule has 174 valence electrons. The first kappa shape index (κ1) is 24.3. The van der Waals surface area contributed by atoms with E-state index in [-0.39, 0.29) is 17.4 Å². The molecule has 7 heteroatoms. The van der Waals surface area contributed by atoms with E-state index < -0.39 is 27.6 Å². The second kappa shape index (κ2) is 10.0. The van der Waals surface area contributed by atoms with Crippen LogP contribution in [0.3, 0.4) is 0 Å². The van der Waals surface area contributed by atoms with Crippen molar-refractivity contribution in [3.05, 3.63) is 60.2 Å². The molecule has 1 aliphatic carbocycles. The van der Waals surface area contributed by atoms with Crippen LogP contribution in [0.25, 0.3) is 0 Å². The van der Waals surface area contributed by atoms with Gasteiger partial charge in [0.2, 0.25) is 10.0 Å². The first-order valence-corrected chi connectivity index (χ1v) is 12.5. The minimum absolute atomic E-state index is 0.183. The molecular formula is C25H33NO5S. The van der Waals surface area contributed by atoms with Crippen molar-refractivity contribution in [1.82, 2.24) is 4.31 Å². The molecule has 32 heavy (non-hydrogen) atoms. The largest absolute Gasteiger partial charge is 0.497 e. The zero-order valence-corrected chi connectivity index (χ0v) is 20.1. The van der Waals surface area contributed by atoms with Gasteiger partial charge in [-0.15, -0.1) is 0 Å². The van der Waals surface area contributed by atoms with E-state index in [0.717, 1.165) is 18.4 Å². The Kier molecular flexibility index (Phi) is 7.62. The molecule has 2 aromatic rings. The summed E-state index contributed by atoms with van der Waals surface area (Å²) in [5.74, 6) is -0.243. The van der Waals surface area contributed by atoms with Gasteiger partial charge in [-0.25, -0.2) is 8.42 Å². The molecule has 0 saturated heterocycles. The van der Waals surface area contributed by atoms with E-state index in [0.29, 0.717) is 18.6 Å². The van der Waals surface area contributed by atoms with Crippen LogP contribution in [0.5, 0.6) is 5.75 Å². The second-order valence-corrected chi connectivity index (χ2v) is 11.1. The van der Waals surface area contributed by atoms with E-state index in [2.05, 4.69) is 0 Å². The number of methoxy groups -OCH3 is 1. The third-order valence-electron chi connectivity index (χ3n) is 5.66. The molecule has 6 nitrogen and oxygen atoms in total. The Morgan fingerprint density at radius 2 is 1.62 bits per heavy atom. The number of carbonyl (C=O) groups excluding carboxylic acids is 1. The van der Waals surface area contributed by atoms with Crippen molar-refractivity contribution in [2.45, 2.75) is 69.5 Å². The van der Waals surface area contributed by atoms with Crippen molar-refractivity contribution in [2.75, 3.05) is 7.11 Å². The highest BCUT2D eigenvalue weighted by Crippen LogP contribution is 2.35. The van der Waals surface area contributed by atoms with Gasteiger partial charge in [0.15, 0.2) is 0 Å². The monoisotopic (exact) mass is 459 g/mol. The van der Waals surface area contributed by atoms with Crippen LogP contribution in [0.2, 0.25) is 0 Å². The lowest BCUT2D eigenvalue weighted by molar-refractivity contribution is -0.163. The molecule has 3 rings (SSSR count). The first-order valence-electron chi connectivity index (χ1n) is 11.0. The minimum atomic E-state index is -3.86. The van der Waals surface area contributed by atoms with Crippen LogP contribution in [-0.2, 0) is 26.1 Å². The average Bonchev–Trinajstić information content (AvgIpc) is 2.77. The van der Waals surface area contributed by atoms with Gasteiger partial charge in [-0.2, -0.15) is 4.31 Å². The van der Waals surface area contributed by atoms with Crippen LogP contribution >= 0.6 is 0 Å². The van der Waals surface area contributed by atoms with E-state index in [1.807, 2.05) is 51.1 Å². The van der Waals surface area contributed by atoms with Crippen LogP contribution in [-0.4, -0.2) is 37.4 Å². The number of benzene rings is 2. The number of ether oxygens (including phenoxy) is 2. The number of carbonyl (C=O) groups is 1. The highest BCUT2D eigenvalue weighted by molar-refractivity contribution is 7.89. The van der Waals surface area contributed by atoms with Crippen LogP contribution < -0.4 is 4.74 Å². The number of hydrogen-bond donors (Lipinski definition) is 0. The van der Waals surface area contributed by atoms with Crippen LogP contribution in [0.1, 0.15) is 52.0 Å². The number of hydrogen-bond acceptors (Lipinski definition) is 5. The van der Waals surface area contributed by atoms with Gasteiger partial charge >= 0.3 is 5.97 Å². The van der Waals surface area contributed by atoms with E-state index in [9.17, 15) is 13.2 Å². The molecule has 0 unspecified atom stereocenters. The molecule has 2 atom stereocenters. The van der Waals surface area contributed by atoms with Gasteiger partial charge in [-0.3, -0.25) is 4.79 Å². The quantitative estimate of drug-likeness (QED) is 0.557. The smallest absolute Gasteiger partial charge is 0.311 e. The maximum absolute atomic E-state index is 13.8. The lowest BCUT2D eigenvalue weighted by atomic mass is 9.84. The van der Waals surface area contributed by atoms with Crippen LogP contribution in [0.15, 0.2) is 59.5 Å². The molecule has 1 aliphatic rings. The Labute approximate surface area is 191 Å². The molecule has 0 aliphatic heterocycles. The van der Waals surface area contributed by atoms with Crippen LogP contribution in [0.4, 0.5) is 0 Å². The predicted octanol–water partition coefficient (Wildman–Crippen LogP) is 4.79. The molecule has 0 radical (unpaired) electrons. The SMILES string of the molecule is COc1ccc(S(=O)(=O)N(Cc2ccccc2)[C@@H]2CCCC[C@H]2C(=O)OC(C)(C)C)cc1. The van der Waals surface area contributed by atoms with Crippen molar-refractivity contribution >= 4 is 16.0 Å². The second-order valence-electron chi connectivity index (χ2n) is 9.20. The fourth-order valence-electron chi connectivity index (χ4n) is 4.14. The molecule has 0 bridgehead atoms. The van der Waals surface area contributed by atoms with Gasteiger partial charge < -0.3 is 9.47 Å². The maximum Gasteiger partial charge on any atom is 0.311 e. The summed E-state index contributed by atoms with van der Waals surface area (Å²) < 4.78 is 40.0. The Hall–Kier alpha value is -2.38. The van der Waals surface area contributed by atoms with Gasteiger partial charge in [0, 0.05) is 12.6 Å². The number of nitrogens with zero attached hydrogens (tertiary/aromatic N) is 1. The van der Waals surface area contributed by atoms with E-state index in [1.165, 1.54) is 4.31 Å². The lowest BCUT2D eigenvalue weighted by Crippen LogP contribution is -2.49. The van der Waals surface area contributed by atoms with E-state index in [4.69, 9.17) is 9.47 Å². The number of sulfonamides is 1. The summed E-state index contributed by atoms with van der Waals surface area (Å²) in [6, 6.07) is 15.4. The standard InChI is InChI=1S/C25H33NO5S/c1-25(2,3)31-24(27)22-12-8-9-13-23(22)26(18-19-10-6-5-7-11-19)32(28,29)21-16-14-20(30-4)15-17-21/h5-7,10-11,14-17,22-23H,8-9,12-13,18H2,1-4H3/t22-,23-/m1/s1. The zero-order chi connectivity index (χ0) is 23.4. The number of esters is 1. The summed E-state index contributed by atoms with van der Waals surface area (Å²) >= 11 is 0. The molecule has 0 aromatic heterocycles. The molecular weight excluding hydrogens is 426 g/mol. The molecule has 1 fully saturated rings. The Bertz CT molecular complexity index is 997. The average molecular weight is 460 g/mol. The third-order valence-corrected chi connectivity index (χ3v) is 7.54. The van der Waals surface area contributed by atoms with Crippen molar-refractivity contribution in [2.24, 2.45) is 5.92 Å². The van der Waals surface area contributed by atoms with E-state index in [1.54, 1.807) is 31.4 Å². The predicted molar refractivity (Wildman–Crippen MR) is 124 cm³/mol. The highest BCUT2D eigenvalue weighted by atomic mass is 32.2. The summed E-state index contributed by atoms with van der Waals surface area (Å²) in [5, 5.41) is 0. The molecule has 1 saturated carbocycles. The normalized spacial score (nSPS) is 19.5. The summed E-state index contributed by atoms with van der Waals surface area (Å²) in [5.41, 5.74) is 0.246. The molecule has 0 spiro atoms. The molecule has 0 amide bonds. The fraction of sp³-hybridized carbons (Fsp3) is 0.480. The topological polar surface area (TPSA) is 72.9 Å². The summed E-state index contributed by atoms with van der Waals surface area (Å²) in [7, 11) is -2.32. The molecule has 2 aromatic carbocycles. The molecule has 0 heterocycles. The Morgan fingerprint density at radius 1 is 1.00 bits per heavy atom. The van der Waals surface area contributed by atoms with Crippen molar-refractivity contribution < 1.29 is 22.7 Å². The maximum atomic E-state index is 13.8. The van der Waals surface area contributed by atoms with Gasteiger partial charge in [0.1, 0.15) is 11.4 Å². The summed E-state index contributed by atoms with van der Waals surface area (Å²) in [6.45, 7) is 5.69. The third kappa shape index (κ3) is 5.90. The highest BCUT2D eigenvalue weighted by Gasteiger charge is 2.42. The van der Waals surface area contributed by atoms with Gasteiger partial charge in [0.05, 0.1) is 17.9 Å². The Balaban J connectivity index is 2.01. The van der Waals surface area contributed by atoms with Gasteiger partial charge in [0.25, 0.3) is 0 Å². The van der Waals surface area contributed by atoms with Crippen LogP contribution in [0, 0.1) is 5.92 Å². The first-order chi connectivity index (χ1) is 15.1. The minimum Gasteiger partial charge on any atom is -0.497 e. The molecule has 0 N–H and O–H groups in total. The summed E-state index contributed by atoms with van der Waals surface area (Å²) in [6.07, 6.45) is 2.98. The Morgan fingerprint density at radius 3 is 2.22 bits per heavy atom. The van der Waals surface area contributed by atoms with Crippen molar-refractivity contribution in [3.8, 4) is 5.75 Å². The van der Waals surface area contributed by atoms with Gasteiger partial charge in [-0.1, -0.05) is 43.2 Å². The summed E-state index contributed by atoms with van der Waals surface area (Å²) in [4.78, 5) is 13.3. The van der Waals surface area contributed by atoms with Crippen molar-refractivity contribution in [1.29, 1.82) is 0 Å². The van der Waals surface area contributed by atoms with E-state index >= 15 is 0 Å². The zero-order valence-electron chi connectivity index (χ0n) is 19.3.